The lowest BCUT2D eigenvalue weighted by Crippen LogP contribution is -2.25. The first-order valence-corrected chi connectivity index (χ1v) is 15.0. The second-order valence-electron chi connectivity index (χ2n) is 11.7. The second kappa shape index (κ2) is 13.8. The second-order valence-corrected chi connectivity index (χ2v) is 11.7. The molecule has 0 heterocycles. The maximum Gasteiger partial charge on any atom is 0.201 e. The van der Waals surface area contributed by atoms with Crippen LogP contribution in [0.2, 0.25) is 0 Å². The Balaban J connectivity index is 1.23. The molecule has 2 saturated carbocycles. The van der Waals surface area contributed by atoms with Gasteiger partial charge in [0.1, 0.15) is 0 Å². The fourth-order valence-electron chi connectivity index (χ4n) is 7.05. The van der Waals surface area contributed by atoms with Gasteiger partial charge >= 0.3 is 0 Å². The fraction of sp³-hybridized carbons (Fsp3) is 0.636. The standard InChI is InChI=1S/C33H44F4O/c1-3-7-22-10-14-24(15-11-22)25-16-12-23(13-17-25)8-5-6-9-26-18-19-27(31(35)30(26)34)28-20-21-29(38-4-2)33(37)32(28)36/h18-25H,3-17H2,1-2H3/t22-,23-,24-,25-. The number of benzene rings is 2. The van der Waals surface area contributed by atoms with Gasteiger partial charge in [-0.3, -0.25) is 0 Å². The van der Waals surface area contributed by atoms with Gasteiger partial charge in [-0.05, 0) is 86.8 Å². The summed E-state index contributed by atoms with van der Waals surface area (Å²) in [5.41, 5.74) is -0.291. The summed E-state index contributed by atoms with van der Waals surface area (Å²) < 4.78 is 63.5. The van der Waals surface area contributed by atoms with Gasteiger partial charge in [-0.1, -0.05) is 70.4 Å². The lowest BCUT2D eigenvalue weighted by atomic mass is 9.68. The minimum Gasteiger partial charge on any atom is -0.491 e. The highest BCUT2D eigenvalue weighted by Gasteiger charge is 2.30. The van der Waals surface area contributed by atoms with Crippen molar-refractivity contribution in [2.45, 2.75) is 104 Å². The van der Waals surface area contributed by atoms with Crippen molar-refractivity contribution in [3.63, 3.8) is 0 Å². The van der Waals surface area contributed by atoms with Crippen molar-refractivity contribution >= 4 is 0 Å². The van der Waals surface area contributed by atoms with Gasteiger partial charge in [-0.25, -0.2) is 13.2 Å². The first-order valence-electron chi connectivity index (χ1n) is 15.0. The molecular formula is C33H44F4O. The average molecular weight is 533 g/mol. The zero-order chi connectivity index (χ0) is 27.1. The molecule has 0 unspecified atom stereocenters. The summed E-state index contributed by atoms with van der Waals surface area (Å²) in [7, 11) is 0. The minimum absolute atomic E-state index is 0.175. The molecule has 2 aliphatic carbocycles. The lowest BCUT2D eigenvalue weighted by Gasteiger charge is -2.38. The first kappa shape index (κ1) is 29.0. The van der Waals surface area contributed by atoms with E-state index in [0.29, 0.717) is 12.0 Å². The van der Waals surface area contributed by atoms with E-state index in [1.54, 1.807) is 6.92 Å². The van der Waals surface area contributed by atoms with Crippen LogP contribution in [0.3, 0.4) is 0 Å². The van der Waals surface area contributed by atoms with Gasteiger partial charge in [0.15, 0.2) is 23.2 Å². The highest BCUT2D eigenvalue weighted by Crippen LogP contribution is 2.43. The minimum atomic E-state index is -1.24. The van der Waals surface area contributed by atoms with Crippen LogP contribution in [0, 0.1) is 46.9 Å². The van der Waals surface area contributed by atoms with Gasteiger partial charge in [-0.2, -0.15) is 4.39 Å². The third kappa shape index (κ3) is 6.93. The number of unbranched alkanes of at least 4 members (excludes halogenated alkanes) is 1. The molecule has 0 spiro atoms. The topological polar surface area (TPSA) is 9.23 Å². The molecule has 1 nitrogen and oxygen atoms in total. The summed E-state index contributed by atoms with van der Waals surface area (Å²) in [6.45, 7) is 4.13. The van der Waals surface area contributed by atoms with Crippen LogP contribution in [0.25, 0.3) is 11.1 Å². The normalized spacial score (nSPS) is 23.9. The molecule has 0 amide bonds. The molecule has 38 heavy (non-hydrogen) atoms. The summed E-state index contributed by atoms with van der Waals surface area (Å²) in [6.07, 6.45) is 17.2. The molecule has 0 bridgehead atoms. The predicted molar refractivity (Wildman–Crippen MR) is 146 cm³/mol. The van der Waals surface area contributed by atoms with Crippen LogP contribution in [0.5, 0.6) is 5.75 Å². The van der Waals surface area contributed by atoms with E-state index in [4.69, 9.17) is 4.74 Å². The zero-order valence-electron chi connectivity index (χ0n) is 23.1. The van der Waals surface area contributed by atoms with Gasteiger partial charge in [0.2, 0.25) is 5.82 Å². The fourth-order valence-corrected chi connectivity index (χ4v) is 7.05. The van der Waals surface area contributed by atoms with Crippen LogP contribution in [-0.2, 0) is 6.42 Å². The van der Waals surface area contributed by atoms with E-state index in [9.17, 15) is 17.6 Å². The Hall–Kier alpha value is -2.04. The number of ether oxygens (including phenoxy) is 1. The molecule has 210 valence electrons. The largest absolute Gasteiger partial charge is 0.491 e. The van der Waals surface area contributed by atoms with Crippen molar-refractivity contribution in [3.05, 3.63) is 53.1 Å². The molecule has 5 heteroatoms. The van der Waals surface area contributed by atoms with E-state index >= 15 is 0 Å². The predicted octanol–water partition coefficient (Wildman–Crippen LogP) is 10.4. The third-order valence-corrected chi connectivity index (χ3v) is 9.25. The Kier molecular flexibility index (Phi) is 10.6. The molecule has 0 saturated heterocycles. The maximum absolute atomic E-state index is 14.9. The molecule has 0 aliphatic heterocycles. The monoisotopic (exact) mass is 532 g/mol. The van der Waals surface area contributed by atoms with Gasteiger partial charge < -0.3 is 4.74 Å². The molecule has 0 N–H and O–H groups in total. The first-order chi connectivity index (χ1) is 18.4. The van der Waals surface area contributed by atoms with Crippen molar-refractivity contribution in [2.75, 3.05) is 6.61 Å². The molecule has 2 aromatic carbocycles. The molecule has 2 fully saturated rings. The Morgan fingerprint density at radius 2 is 1.18 bits per heavy atom. The van der Waals surface area contributed by atoms with Crippen molar-refractivity contribution in [2.24, 2.45) is 23.7 Å². The van der Waals surface area contributed by atoms with Crippen molar-refractivity contribution < 1.29 is 22.3 Å². The van der Waals surface area contributed by atoms with Crippen molar-refractivity contribution in [1.82, 2.24) is 0 Å². The maximum atomic E-state index is 14.9. The molecule has 0 radical (unpaired) electrons. The Morgan fingerprint density at radius 3 is 1.76 bits per heavy atom. The molecule has 2 aromatic rings. The van der Waals surface area contributed by atoms with Crippen LogP contribution < -0.4 is 4.74 Å². The highest BCUT2D eigenvalue weighted by molar-refractivity contribution is 5.66. The van der Waals surface area contributed by atoms with Gasteiger partial charge in [-0.15, -0.1) is 0 Å². The number of hydrogen-bond donors (Lipinski definition) is 0. The smallest absolute Gasteiger partial charge is 0.201 e. The van der Waals surface area contributed by atoms with Crippen LogP contribution in [0.4, 0.5) is 17.6 Å². The van der Waals surface area contributed by atoms with Crippen LogP contribution in [0.15, 0.2) is 24.3 Å². The van der Waals surface area contributed by atoms with Crippen LogP contribution in [0.1, 0.15) is 103 Å². The zero-order valence-corrected chi connectivity index (χ0v) is 23.1. The van der Waals surface area contributed by atoms with E-state index in [1.807, 2.05) is 0 Å². The third-order valence-electron chi connectivity index (χ3n) is 9.25. The van der Waals surface area contributed by atoms with Crippen LogP contribution >= 0.6 is 0 Å². The average Bonchev–Trinajstić information content (AvgIpc) is 2.93. The molecule has 2 aliphatic rings. The van der Waals surface area contributed by atoms with E-state index in [0.717, 1.165) is 42.9 Å². The molecule has 0 aromatic heterocycles. The number of aryl methyl sites for hydroxylation is 1. The van der Waals surface area contributed by atoms with Gasteiger partial charge in [0.25, 0.3) is 0 Å². The van der Waals surface area contributed by atoms with E-state index < -0.39 is 23.3 Å². The molecule has 4 rings (SSSR count). The highest BCUT2D eigenvalue weighted by atomic mass is 19.2. The van der Waals surface area contributed by atoms with E-state index in [1.165, 1.54) is 88.5 Å². The van der Waals surface area contributed by atoms with Crippen molar-refractivity contribution in [3.8, 4) is 16.9 Å². The lowest BCUT2D eigenvalue weighted by molar-refractivity contribution is 0.140. The summed E-state index contributed by atoms with van der Waals surface area (Å²) in [6, 6.07) is 5.33. The van der Waals surface area contributed by atoms with Crippen molar-refractivity contribution in [1.29, 1.82) is 0 Å². The number of hydrogen-bond acceptors (Lipinski definition) is 1. The molecular weight excluding hydrogens is 488 g/mol. The molecule has 0 atom stereocenters. The van der Waals surface area contributed by atoms with Crippen LogP contribution in [-0.4, -0.2) is 6.61 Å². The number of halogens is 4. The number of rotatable bonds is 11. The van der Waals surface area contributed by atoms with E-state index in [-0.39, 0.29) is 23.5 Å². The van der Waals surface area contributed by atoms with Gasteiger partial charge in [0.05, 0.1) is 6.61 Å². The summed E-state index contributed by atoms with van der Waals surface area (Å²) in [5, 5.41) is 0. The quantitative estimate of drug-likeness (QED) is 0.207. The Labute approximate surface area is 226 Å². The summed E-state index contributed by atoms with van der Waals surface area (Å²) in [4.78, 5) is 0. The Bertz CT molecular complexity index is 1040. The summed E-state index contributed by atoms with van der Waals surface area (Å²) in [5.74, 6) is -1.19. The summed E-state index contributed by atoms with van der Waals surface area (Å²) >= 11 is 0. The Morgan fingerprint density at radius 1 is 0.632 bits per heavy atom. The van der Waals surface area contributed by atoms with Gasteiger partial charge in [0, 0.05) is 11.1 Å². The van der Waals surface area contributed by atoms with E-state index in [2.05, 4.69) is 6.92 Å². The SMILES string of the molecule is CCC[C@H]1CC[C@H]([C@H]2CC[C@H](CCCCc3ccc(-c4ccc(OCC)c(F)c4F)c(F)c3F)CC2)CC1.